The van der Waals surface area contributed by atoms with Gasteiger partial charge in [-0.05, 0) is 6.07 Å². The summed E-state index contributed by atoms with van der Waals surface area (Å²) in [6.07, 6.45) is 4.65. The van der Waals surface area contributed by atoms with Gasteiger partial charge in [-0.1, -0.05) is 6.08 Å². The van der Waals surface area contributed by atoms with Crippen LogP contribution in [0.4, 0.5) is 10.7 Å². The lowest BCUT2D eigenvalue weighted by atomic mass is 10.3. The van der Waals surface area contributed by atoms with Crippen molar-refractivity contribution in [3.63, 3.8) is 0 Å². The van der Waals surface area contributed by atoms with Crippen LogP contribution in [0.1, 0.15) is 0 Å². The normalized spacial score (nSPS) is 17.9. The molecule has 2 aliphatic rings. The van der Waals surface area contributed by atoms with Gasteiger partial charge < -0.3 is 9.80 Å². The predicted octanol–water partition coefficient (Wildman–Crippen LogP) is -0.898. The molecule has 0 spiro atoms. The zero-order valence-electron chi connectivity index (χ0n) is 14.1. The molecule has 1 aromatic heterocycles. The number of carbonyl (C=O) groups excluding carboxylic acids is 4. The minimum absolute atomic E-state index is 0.0656. The second-order valence-electron chi connectivity index (χ2n) is 5.79. The van der Waals surface area contributed by atoms with E-state index in [1.807, 2.05) is 4.90 Å². The average Bonchev–Trinajstić information content (AvgIpc) is 2.87. The number of carbonyl (C=O) groups is 4. The third kappa shape index (κ3) is 3.25. The summed E-state index contributed by atoms with van der Waals surface area (Å²) in [6, 6.07) is 0.939. The topological polar surface area (TPSA) is 107 Å². The van der Waals surface area contributed by atoms with Crippen LogP contribution in [-0.2, 0) is 14.4 Å². The lowest BCUT2D eigenvalue weighted by Gasteiger charge is -2.35. The van der Waals surface area contributed by atoms with E-state index in [4.69, 9.17) is 0 Å². The summed E-state index contributed by atoms with van der Waals surface area (Å²) in [7, 11) is 0. The highest BCUT2D eigenvalue weighted by Gasteiger charge is 2.45. The molecule has 0 radical (unpaired) electrons. The van der Waals surface area contributed by atoms with Crippen molar-refractivity contribution in [1.82, 2.24) is 24.7 Å². The van der Waals surface area contributed by atoms with E-state index in [0.29, 0.717) is 37.0 Å². The summed E-state index contributed by atoms with van der Waals surface area (Å²) >= 11 is 0. The van der Waals surface area contributed by atoms with Gasteiger partial charge in [-0.2, -0.15) is 0 Å². The largest absolute Gasteiger partial charge is 0.338 e. The number of aromatic nitrogens is 2. The Morgan fingerprint density at radius 2 is 1.65 bits per heavy atom. The Hall–Kier alpha value is -3.30. The maximum atomic E-state index is 12.4. The number of amides is 5. The maximum absolute atomic E-state index is 12.4. The van der Waals surface area contributed by atoms with E-state index in [2.05, 4.69) is 16.5 Å². The van der Waals surface area contributed by atoms with Crippen LogP contribution in [0.5, 0.6) is 0 Å². The van der Waals surface area contributed by atoms with Gasteiger partial charge in [0.2, 0.25) is 11.9 Å². The molecule has 2 aliphatic heterocycles. The summed E-state index contributed by atoms with van der Waals surface area (Å²) in [6.45, 7) is 4.84. The Balaban J connectivity index is 1.58. The molecule has 2 saturated heterocycles. The number of rotatable bonds is 5. The van der Waals surface area contributed by atoms with E-state index < -0.39 is 24.4 Å². The van der Waals surface area contributed by atoms with E-state index in [9.17, 15) is 19.2 Å². The van der Waals surface area contributed by atoms with Crippen LogP contribution < -0.4 is 4.90 Å². The molecule has 10 heteroatoms. The first kappa shape index (κ1) is 17.5. The molecule has 0 saturated carbocycles. The van der Waals surface area contributed by atoms with Gasteiger partial charge in [0.25, 0.3) is 0 Å². The molecule has 0 atom stereocenters. The standard InChI is InChI=1S/C16H18N6O4/c1-2-6-21-13(24)14(25)22(16(21)26)11-12(23)19-7-9-20(10-8-19)15-17-4-3-5-18-15/h2-5H,1,6-11H2. The summed E-state index contributed by atoms with van der Waals surface area (Å²) in [5.41, 5.74) is 0. The third-order valence-electron chi connectivity index (χ3n) is 4.21. The number of urea groups is 1. The molecule has 1 aromatic rings. The highest BCUT2D eigenvalue weighted by molar-refractivity contribution is 6.45. The molecule has 0 aliphatic carbocycles. The van der Waals surface area contributed by atoms with Gasteiger partial charge in [-0.15, -0.1) is 6.58 Å². The zero-order chi connectivity index (χ0) is 18.7. The number of hydrogen-bond donors (Lipinski definition) is 0. The molecule has 0 N–H and O–H groups in total. The molecule has 0 bridgehead atoms. The zero-order valence-corrected chi connectivity index (χ0v) is 14.1. The lowest BCUT2D eigenvalue weighted by molar-refractivity contribution is -0.144. The first-order valence-electron chi connectivity index (χ1n) is 8.11. The first-order valence-corrected chi connectivity index (χ1v) is 8.11. The fraction of sp³-hybridized carbons (Fsp3) is 0.375. The van der Waals surface area contributed by atoms with Gasteiger partial charge in [0.1, 0.15) is 6.54 Å². The van der Waals surface area contributed by atoms with Crippen molar-refractivity contribution < 1.29 is 19.2 Å². The van der Waals surface area contributed by atoms with Gasteiger partial charge in [0.15, 0.2) is 0 Å². The Kier molecular flexibility index (Phi) is 4.92. The number of hydrogen-bond acceptors (Lipinski definition) is 7. The molecule has 3 heterocycles. The molecule has 2 fully saturated rings. The number of imide groups is 2. The Morgan fingerprint density at radius 1 is 1.04 bits per heavy atom. The van der Waals surface area contributed by atoms with Crippen LogP contribution >= 0.6 is 0 Å². The molecular formula is C16H18N6O4. The lowest BCUT2D eigenvalue weighted by Crippen LogP contribution is -2.52. The Bertz CT molecular complexity index is 744. The van der Waals surface area contributed by atoms with Crippen LogP contribution in [0, 0.1) is 0 Å². The first-order chi connectivity index (χ1) is 12.5. The van der Waals surface area contributed by atoms with Gasteiger partial charge in [0.05, 0.1) is 0 Å². The van der Waals surface area contributed by atoms with Crippen LogP contribution in [0.3, 0.4) is 0 Å². The summed E-state index contributed by atoms with van der Waals surface area (Å²) in [5.74, 6) is -1.71. The van der Waals surface area contributed by atoms with Crippen LogP contribution in [0.2, 0.25) is 0 Å². The van der Waals surface area contributed by atoms with Gasteiger partial charge in [0, 0.05) is 45.1 Å². The maximum Gasteiger partial charge on any atom is 0.335 e. The van der Waals surface area contributed by atoms with Gasteiger partial charge in [-0.3, -0.25) is 19.3 Å². The van der Waals surface area contributed by atoms with Crippen molar-refractivity contribution in [1.29, 1.82) is 0 Å². The van der Waals surface area contributed by atoms with E-state index in [0.717, 1.165) is 4.90 Å². The molecule has 3 rings (SSSR count). The van der Waals surface area contributed by atoms with E-state index in [1.54, 1.807) is 23.4 Å². The summed E-state index contributed by atoms with van der Waals surface area (Å²) in [5, 5.41) is 0. The predicted molar refractivity (Wildman–Crippen MR) is 89.8 cm³/mol. The van der Waals surface area contributed by atoms with E-state index >= 15 is 0 Å². The molecule has 5 amide bonds. The van der Waals surface area contributed by atoms with Crippen molar-refractivity contribution in [2.45, 2.75) is 0 Å². The van der Waals surface area contributed by atoms with Crippen molar-refractivity contribution in [2.75, 3.05) is 44.2 Å². The number of anilines is 1. The van der Waals surface area contributed by atoms with Crippen LogP contribution in [0.15, 0.2) is 31.1 Å². The molecule has 136 valence electrons. The van der Waals surface area contributed by atoms with E-state index in [-0.39, 0.29) is 12.5 Å². The van der Waals surface area contributed by atoms with Gasteiger partial charge >= 0.3 is 17.8 Å². The minimum Gasteiger partial charge on any atom is -0.338 e. The van der Waals surface area contributed by atoms with Crippen molar-refractivity contribution >= 4 is 29.7 Å². The molecule has 10 nitrogen and oxygen atoms in total. The highest BCUT2D eigenvalue weighted by atomic mass is 16.2. The second-order valence-corrected chi connectivity index (χ2v) is 5.79. The Labute approximate surface area is 149 Å². The fourth-order valence-electron chi connectivity index (χ4n) is 2.83. The smallest absolute Gasteiger partial charge is 0.335 e. The van der Waals surface area contributed by atoms with Crippen LogP contribution in [0.25, 0.3) is 0 Å². The van der Waals surface area contributed by atoms with Crippen molar-refractivity contribution in [2.24, 2.45) is 0 Å². The quantitative estimate of drug-likeness (QED) is 0.381. The van der Waals surface area contributed by atoms with E-state index in [1.165, 1.54) is 6.08 Å². The van der Waals surface area contributed by atoms with Crippen molar-refractivity contribution in [3.05, 3.63) is 31.1 Å². The average molecular weight is 358 g/mol. The molecule has 0 aromatic carbocycles. The Morgan fingerprint density at radius 3 is 2.27 bits per heavy atom. The monoisotopic (exact) mass is 358 g/mol. The molecule has 0 unspecified atom stereocenters. The minimum atomic E-state index is -0.985. The SMILES string of the molecule is C=CCN1C(=O)C(=O)N(CC(=O)N2CCN(c3ncccn3)CC2)C1=O. The highest BCUT2D eigenvalue weighted by Crippen LogP contribution is 2.14. The van der Waals surface area contributed by atoms with Gasteiger partial charge in [-0.25, -0.2) is 19.7 Å². The van der Waals surface area contributed by atoms with Crippen LogP contribution in [-0.4, -0.2) is 87.7 Å². The molecule has 26 heavy (non-hydrogen) atoms. The summed E-state index contributed by atoms with van der Waals surface area (Å²) < 4.78 is 0. The van der Waals surface area contributed by atoms with Crippen molar-refractivity contribution in [3.8, 4) is 0 Å². The second kappa shape index (κ2) is 7.30. The number of nitrogens with zero attached hydrogens (tertiary/aromatic N) is 6. The fourth-order valence-corrected chi connectivity index (χ4v) is 2.83. The third-order valence-corrected chi connectivity index (χ3v) is 4.21. The summed E-state index contributed by atoms with van der Waals surface area (Å²) in [4.78, 5) is 61.6. The molecular weight excluding hydrogens is 340 g/mol. The number of piperazine rings is 1.